The summed E-state index contributed by atoms with van der Waals surface area (Å²) in [7, 11) is 5.35. The zero-order valence-electron chi connectivity index (χ0n) is 25.5. The average Bonchev–Trinajstić information content (AvgIpc) is 3.60. The second kappa shape index (κ2) is 14.8. The van der Waals surface area contributed by atoms with Gasteiger partial charge in [0.25, 0.3) is 0 Å². The van der Waals surface area contributed by atoms with Gasteiger partial charge in [-0.2, -0.15) is 10.2 Å². The summed E-state index contributed by atoms with van der Waals surface area (Å²) < 4.78 is 8.67. The van der Waals surface area contributed by atoms with Gasteiger partial charge in [-0.05, 0) is 56.0 Å². The van der Waals surface area contributed by atoms with Crippen LogP contribution in [0.1, 0.15) is 96.4 Å². The van der Waals surface area contributed by atoms with Gasteiger partial charge in [0.05, 0.1) is 24.0 Å². The molecule has 4 aromatic rings. The highest BCUT2D eigenvalue weighted by molar-refractivity contribution is 7.09. The van der Waals surface area contributed by atoms with Crippen LogP contribution in [0.2, 0.25) is 0 Å². The fourth-order valence-electron chi connectivity index (χ4n) is 5.64. The topological polar surface area (TPSA) is 127 Å². The summed E-state index contributed by atoms with van der Waals surface area (Å²) in [6, 6.07) is 11.8. The lowest BCUT2D eigenvalue weighted by Gasteiger charge is -2.18. The van der Waals surface area contributed by atoms with Crippen molar-refractivity contribution in [2.24, 2.45) is 24.1 Å². The number of carboxylic acid groups (broad SMARTS) is 1. The Morgan fingerprint density at radius 2 is 1.34 bits per heavy atom. The van der Waals surface area contributed by atoms with Crippen molar-refractivity contribution in [1.29, 1.82) is 0 Å². The molecular weight excluding hydrogens is 597 g/mol. The third-order valence-electron chi connectivity index (χ3n) is 8.06. The molecule has 2 saturated carbocycles. The summed E-state index contributed by atoms with van der Waals surface area (Å²) >= 11 is 3.26. The molecule has 2 N–H and O–H groups in total. The van der Waals surface area contributed by atoms with E-state index in [9.17, 15) is 9.90 Å². The number of ether oxygens (including phenoxy) is 1. The highest BCUT2D eigenvalue weighted by atomic mass is 32.1. The van der Waals surface area contributed by atoms with Gasteiger partial charge in [-0.15, -0.1) is 0 Å². The normalized spacial score (nSPS) is 16.9. The smallest absolute Gasteiger partial charge is 0.335 e. The molecule has 2 aliphatic rings. The molecule has 0 amide bonds. The van der Waals surface area contributed by atoms with Crippen molar-refractivity contribution in [2.75, 3.05) is 7.11 Å². The van der Waals surface area contributed by atoms with Crippen molar-refractivity contribution in [1.82, 2.24) is 19.6 Å². The monoisotopic (exact) mass is 636 g/mol. The number of phenolic OH excluding ortho intramolecular Hbond substituents is 1. The maximum Gasteiger partial charge on any atom is 0.335 e. The standard InChI is InChI=1S/C16H21N3O2S.C16H19N3O2S/c1-19-16(17-12-8-9-14(21-2)13(20)10-12)22-15(18-19)11-6-4-3-5-7-11;1-19-16(17-13-9-5-8-12(10-13)15(20)21)22-14(18-19)11-6-3-2-4-7-11/h8-11,20H,3-7H2,1-2H3;5,8-11H,2-4,6-7H2,1H3,(H,20,21). The summed E-state index contributed by atoms with van der Waals surface area (Å²) in [5.41, 5.74) is 1.60. The molecule has 44 heavy (non-hydrogen) atoms. The Morgan fingerprint density at radius 3 is 1.82 bits per heavy atom. The van der Waals surface area contributed by atoms with E-state index in [2.05, 4.69) is 20.2 Å². The summed E-state index contributed by atoms with van der Waals surface area (Å²) in [5.74, 6) is 0.755. The van der Waals surface area contributed by atoms with Crippen molar-refractivity contribution in [3.63, 3.8) is 0 Å². The van der Waals surface area contributed by atoms with Gasteiger partial charge in [-0.25, -0.2) is 24.1 Å². The Hall–Kier alpha value is -3.77. The first-order chi connectivity index (χ1) is 21.3. The van der Waals surface area contributed by atoms with E-state index in [0.717, 1.165) is 14.6 Å². The van der Waals surface area contributed by atoms with Crippen LogP contribution in [0.4, 0.5) is 11.4 Å². The molecule has 2 fully saturated rings. The molecule has 0 atom stereocenters. The number of carboxylic acids is 1. The van der Waals surface area contributed by atoms with Crippen LogP contribution in [0, 0.1) is 0 Å². The Labute approximate surface area is 265 Å². The molecule has 0 unspecified atom stereocenters. The Bertz CT molecular complexity index is 1710. The minimum Gasteiger partial charge on any atom is -0.504 e. The van der Waals surface area contributed by atoms with Gasteiger partial charge in [0.1, 0.15) is 10.0 Å². The van der Waals surface area contributed by atoms with Crippen molar-refractivity contribution in [3.8, 4) is 11.5 Å². The molecule has 0 spiro atoms. The number of methoxy groups -OCH3 is 1. The van der Waals surface area contributed by atoms with Crippen molar-refractivity contribution < 1.29 is 19.7 Å². The van der Waals surface area contributed by atoms with Gasteiger partial charge in [0.15, 0.2) is 11.5 Å². The Morgan fingerprint density at radius 1 is 0.818 bits per heavy atom. The van der Waals surface area contributed by atoms with Crippen LogP contribution in [0.3, 0.4) is 0 Å². The maximum absolute atomic E-state index is 11.0. The summed E-state index contributed by atoms with van der Waals surface area (Å²) in [4.78, 5) is 21.8. The number of aromatic nitrogens is 4. The van der Waals surface area contributed by atoms with Crippen LogP contribution in [0.5, 0.6) is 11.5 Å². The van der Waals surface area contributed by atoms with Gasteiger partial charge in [-0.1, -0.05) is 67.3 Å². The fourth-order valence-corrected chi connectivity index (χ4v) is 7.79. The predicted octanol–water partition coefficient (Wildman–Crippen LogP) is 6.94. The molecule has 0 aliphatic heterocycles. The highest BCUT2D eigenvalue weighted by Crippen LogP contribution is 2.34. The molecule has 0 saturated heterocycles. The van der Waals surface area contributed by atoms with E-state index in [-0.39, 0.29) is 11.3 Å². The minimum atomic E-state index is -0.936. The molecule has 2 aliphatic carbocycles. The SMILES string of the molecule is COc1ccc(N=c2sc(C3CCCCC3)nn2C)cc1O.Cn1nc(C2CCCCC2)sc1=Nc1cccc(C(=O)O)c1. The van der Waals surface area contributed by atoms with Crippen LogP contribution >= 0.6 is 22.7 Å². The number of phenols is 1. The lowest BCUT2D eigenvalue weighted by Crippen LogP contribution is -2.11. The minimum absolute atomic E-state index is 0.100. The second-order valence-corrected chi connectivity index (χ2v) is 13.3. The Kier molecular flexibility index (Phi) is 10.6. The van der Waals surface area contributed by atoms with Crippen molar-refractivity contribution in [3.05, 3.63) is 67.6 Å². The van der Waals surface area contributed by atoms with E-state index in [1.165, 1.54) is 76.3 Å². The molecule has 2 aromatic carbocycles. The number of rotatable bonds is 6. The van der Waals surface area contributed by atoms with Gasteiger partial charge in [0.2, 0.25) is 9.60 Å². The molecule has 0 radical (unpaired) electrons. The summed E-state index contributed by atoms with van der Waals surface area (Å²) in [5, 5.41) is 30.5. The quantitative estimate of drug-likeness (QED) is 0.236. The predicted molar refractivity (Wildman–Crippen MR) is 172 cm³/mol. The highest BCUT2D eigenvalue weighted by Gasteiger charge is 2.20. The van der Waals surface area contributed by atoms with Gasteiger partial charge >= 0.3 is 5.97 Å². The van der Waals surface area contributed by atoms with Crippen LogP contribution in [0.25, 0.3) is 0 Å². The zero-order valence-corrected chi connectivity index (χ0v) is 27.1. The lowest BCUT2D eigenvalue weighted by atomic mass is 9.90. The van der Waals surface area contributed by atoms with Crippen LogP contribution < -0.4 is 14.3 Å². The maximum atomic E-state index is 11.0. The molecule has 2 aromatic heterocycles. The second-order valence-electron chi connectivity index (χ2n) is 11.3. The first-order valence-electron chi connectivity index (χ1n) is 15.2. The van der Waals surface area contributed by atoms with Crippen molar-refractivity contribution >= 4 is 40.0 Å². The lowest BCUT2D eigenvalue weighted by molar-refractivity contribution is 0.0697. The molecular formula is C32H40N6O4S2. The number of aromatic carboxylic acids is 1. The van der Waals surface area contributed by atoms with Crippen LogP contribution in [0.15, 0.2) is 52.4 Å². The van der Waals surface area contributed by atoms with E-state index < -0.39 is 5.97 Å². The number of benzene rings is 2. The molecule has 6 rings (SSSR count). The summed E-state index contributed by atoms with van der Waals surface area (Å²) in [6.07, 6.45) is 12.7. The van der Waals surface area contributed by atoms with Gasteiger partial charge in [-0.3, -0.25) is 0 Å². The first-order valence-corrected chi connectivity index (χ1v) is 16.8. The third kappa shape index (κ3) is 8.03. The van der Waals surface area contributed by atoms with Crippen LogP contribution in [-0.4, -0.2) is 42.9 Å². The number of hydrogen-bond donors (Lipinski definition) is 2. The number of aryl methyl sites for hydroxylation is 2. The van der Waals surface area contributed by atoms with E-state index in [0.29, 0.717) is 29.0 Å². The number of nitrogens with zero attached hydrogens (tertiary/aromatic N) is 6. The van der Waals surface area contributed by atoms with E-state index >= 15 is 0 Å². The van der Waals surface area contributed by atoms with E-state index in [4.69, 9.17) is 9.84 Å². The van der Waals surface area contributed by atoms with Crippen LogP contribution in [-0.2, 0) is 14.1 Å². The molecule has 12 heteroatoms. The van der Waals surface area contributed by atoms with E-state index in [1.807, 2.05) is 30.9 Å². The average molecular weight is 637 g/mol. The number of aromatic hydroxyl groups is 1. The molecule has 0 bridgehead atoms. The third-order valence-corrected chi connectivity index (χ3v) is 10.4. The Balaban J connectivity index is 0.000000175. The largest absolute Gasteiger partial charge is 0.504 e. The zero-order chi connectivity index (χ0) is 31.1. The van der Waals surface area contributed by atoms with Gasteiger partial charge in [0, 0.05) is 32.0 Å². The molecule has 10 nitrogen and oxygen atoms in total. The first kappa shape index (κ1) is 31.6. The van der Waals surface area contributed by atoms with Gasteiger partial charge < -0.3 is 14.9 Å². The fraction of sp³-hybridized carbons (Fsp3) is 0.469. The molecule has 2 heterocycles. The summed E-state index contributed by atoms with van der Waals surface area (Å²) in [6.45, 7) is 0. The van der Waals surface area contributed by atoms with E-state index in [1.54, 1.807) is 57.7 Å². The van der Waals surface area contributed by atoms with Crippen molar-refractivity contribution in [2.45, 2.75) is 76.0 Å². The number of hydrogen-bond acceptors (Lipinski definition) is 9. The molecule has 234 valence electrons. The number of carbonyl (C=O) groups is 1.